The summed E-state index contributed by atoms with van der Waals surface area (Å²) in [5, 5.41) is 2.95. The maximum Gasteiger partial charge on any atom is 0.412 e. The summed E-state index contributed by atoms with van der Waals surface area (Å²) in [6, 6.07) is -0.431. The van der Waals surface area contributed by atoms with E-state index in [2.05, 4.69) is 5.32 Å². The van der Waals surface area contributed by atoms with Gasteiger partial charge in [-0.25, -0.2) is 9.59 Å². The van der Waals surface area contributed by atoms with Crippen LogP contribution in [0, 0.1) is 5.92 Å². The minimum Gasteiger partial charge on any atom is -0.447 e. The van der Waals surface area contributed by atoms with Crippen molar-refractivity contribution in [2.45, 2.75) is 77.2 Å². The summed E-state index contributed by atoms with van der Waals surface area (Å²) in [6.07, 6.45) is 4.85. The first-order valence-electron chi connectivity index (χ1n) is 10.9. The van der Waals surface area contributed by atoms with Crippen molar-refractivity contribution < 1.29 is 33.3 Å². The number of carbonyl (C=O) groups excluding carboxylic acids is 2. The number of cyclic esters (lactones) is 1. The van der Waals surface area contributed by atoms with Crippen LogP contribution in [0.25, 0.3) is 0 Å². The van der Waals surface area contributed by atoms with E-state index in [-0.39, 0.29) is 6.79 Å². The molecule has 1 N–H and O–H groups in total. The normalized spacial score (nSPS) is 20.0. The third-order valence-electron chi connectivity index (χ3n) is 5.21. The fourth-order valence-electron chi connectivity index (χ4n) is 3.87. The average Bonchev–Trinajstić information content (AvgIpc) is 3.09. The Labute approximate surface area is 179 Å². The number of ether oxygens (including phenoxy) is 5. The second-order valence-electron chi connectivity index (χ2n) is 8.88. The summed E-state index contributed by atoms with van der Waals surface area (Å²) in [6.45, 7) is 6.95. The van der Waals surface area contributed by atoms with Crippen molar-refractivity contribution in [3.63, 3.8) is 0 Å². The number of hydrogen-bond acceptors (Lipinski definition) is 7. The van der Waals surface area contributed by atoms with Gasteiger partial charge in [0.15, 0.2) is 6.23 Å². The summed E-state index contributed by atoms with van der Waals surface area (Å²) in [5.41, 5.74) is -0.619. The molecule has 1 saturated heterocycles. The van der Waals surface area contributed by atoms with E-state index in [1.165, 1.54) is 24.2 Å². The van der Waals surface area contributed by atoms with Gasteiger partial charge >= 0.3 is 12.2 Å². The topological polar surface area (TPSA) is 95.6 Å². The zero-order chi connectivity index (χ0) is 22.0. The SMILES string of the molecule is COCCOCOC(C(CC1CCCCC1)NC(=O)OC(C)(C)C)N1CCOC1=O. The maximum absolute atomic E-state index is 12.6. The molecule has 0 spiro atoms. The third kappa shape index (κ3) is 8.65. The molecule has 30 heavy (non-hydrogen) atoms. The summed E-state index contributed by atoms with van der Waals surface area (Å²) in [5.74, 6) is 0.456. The van der Waals surface area contributed by atoms with E-state index in [0.717, 1.165) is 12.8 Å². The molecule has 1 aliphatic heterocycles. The Morgan fingerprint density at radius 2 is 1.97 bits per heavy atom. The first kappa shape index (κ1) is 24.7. The van der Waals surface area contributed by atoms with Crippen molar-refractivity contribution in [2.75, 3.05) is 40.3 Å². The fourth-order valence-corrected chi connectivity index (χ4v) is 3.87. The number of nitrogens with one attached hydrogen (secondary N) is 1. The van der Waals surface area contributed by atoms with Crippen LogP contribution in [0.5, 0.6) is 0 Å². The largest absolute Gasteiger partial charge is 0.447 e. The second kappa shape index (κ2) is 12.3. The minimum atomic E-state index is -0.697. The highest BCUT2D eigenvalue weighted by Crippen LogP contribution is 2.29. The molecular weight excluding hydrogens is 392 g/mol. The molecular formula is C21H38N2O7. The highest BCUT2D eigenvalue weighted by molar-refractivity contribution is 5.70. The number of hydrogen-bond donors (Lipinski definition) is 1. The van der Waals surface area contributed by atoms with E-state index >= 15 is 0 Å². The summed E-state index contributed by atoms with van der Waals surface area (Å²) >= 11 is 0. The van der Waals surface area contributed by atoms with Crippen molar-refractivity contribution >= 4 is 12.2 Å². The molecule has 2 rings (SSSR count). The van der Waals surface area contributed by atoms with Gasteiger partial charge in [0.1, 0.15) is 19.0 Å². The van der Waals surface area contributed by atoms with Crippen LogP contribution in [-0.2, 0) is 23.7 Å². The standard InChI is InChI=1S/C21H38N2O7/c1-21(2,3)30-19(24)22-17(14-16-8-6-5-7-9-16)18(23-10-11-28-20(23)25)29-15-27-13-12-26-4/h16-18H,5-15H2,1-4H3,(H,22,24). The van der Waals surface area contributed by atoms with Crippen molar-refractivity contribution in [3.8, 4) is 0 Å². The number of amides is 2. The molecule has 174 valence electrons. The Hall–Kier alpha value is -1.58. The maximum atomic E-state index is 12.6. The molecule has 2 aliphatic rings. The van der Waals surface area contributed by atoms with Gasteiger partial charge in [0.05, 0.1) is 25.8 Å². The summed E-state index contributed by atoms with van der Waals surface area (Å²) in [4.78, 5) is 26.4. The Morgan fingerprint density at radius 3 is 2.57 bits per heavy atom. The van der Waals surface area contributed by atoms with Gasteiger partial charge in [-0.05, 0) is 33.1 Å². The Kier molecular flexibility index (Phi) is 10.1. The van der Waals surface area contributed by atoms with Crippen LogP contribution in [0.2, 0.25) is 0 Å². The molecule has 2 atom stereocenters. The molecule has 0 aromatic rings. The van der Waals surface area contributed by atoms with Crippen LogP contribution < -0.4 is 5.32 Å². The molecule has 0 bridgehead atoms. The highest BCUT2D eigenvalue weighted by atomic mass is 16.7. The summed E-state index contributed by atoms with van der Waals surface area (Å²) in [7, 11) is 1.60. The number of carbonyl (C=O) groups is 2. The molecule has 2 fully saturated rings. The fraction of sp³-hybridized carbons (Fsp3) is 0.905. The predicted octanol–water partition coefficient (Wildman–Crippen LogP) is 3.27. The Morgan fingerprint density at radius 1 is 1.23 bits per heavy atom. The lowest BCUT2D eigenvalue weighted by atomic mass is 9.84. The third-order valence-corrected chi connectivity index (χ3v) is 5.21. The predicted molar refractivity (Wildman–Crippen MR) is 110 cm³/mol. The molecule has 0 aromatic carbocycles. The van der Waals surface area contributed by atoms with Gasteiger partial charge < -0.3 is 29.0 Å². The molecule has 1 heterocycles. The molecule has 0 radical (unpaired) electrons. The van der Waals surface area contributed by atoms with Crippen LogP contribution in [0.3, 0.4) is 0 Å². The van der Waals surface area contributed by atoms with E-state index in [1.807, 2.05) is 20.8 Å². The zero-order valence-electron chi connectivity index (χ0n) is 18.8. The molecule has 2 amide bonds. The van der Waals surface area contributed by atoms with E-state index in [4.69, 9.17) is 23.7 Å². The molecule has 9 heteroatoms. The van der Waals surface area contributed by atoms with Crippen molar-refractivity contribution in [1.82, 2.24) is 10.2 Å². The Balaban J connectivity index is 2.11. The van der Waals surface area contributed by atoms with Gasteiger partial charge in [-0.3, -0.25) is 4.90 Å². The lowest BCUT2D eigenvalue weighted by Gasteiger charge is -2.36. The number of alkyl carbamates (subject to hydrolysis) is 1. The lowest BCUT2D eigenvalue weighted by molar-refractivity contribution is -0.145. The van der Waals surface area contributed by atoms with Crippen molar-refractivity contribution in [1.29, 1.82) is 0 Å². The zero-order valence-corrected chi connectivity index (χ0v) is 18.8. The van der Waals surface area contributed by atoms with Gasteiger partial charge in [-0.1, -0.05) is 32.1 Å². The first-order valence-corrected chi connectivity index (χ1v) is 10.9. The van der Waals surface area contributed by atoms with Gasteiger partial charge in [-0.2, -0.15) is 0 Å². The van der Waals surface area contributed by atoms with Crippen molar-refractivity contribution in [3.05, 3.63) is 0 Å². The van der Waals surface area contributed by atoms with Gasteiger partial charge in [0.25, 0.3) is 0 Å². The van der Waals surface area contributed by atoms with Gasteiger partial charge in [0, 0.05) is 7.11 Å². The van der Waals surface area contributed by atoms with Crippen LogP contribution in [0.1, 0.15) is 59.3 Å². The minimum absolute atomic E-state index is 0.0189. The number of methoxy groups -OCH3 is 1. The van der Waals surface area contributed by atoms with Gasteiger partial charge in [0.2, 0.25) is 0 Å². The molecule has 2 unspecified atom stereocenters. The van der Waals surface area contributed by atoms with Gasteiger partial charge in [-0.15, -0.1) is 0 Å². The van der Waals surface area contributed by atoms with E-state index in [0.29, 0.717) is 38.7 Å². The van der Waals surface area contributed by atoms with E-state index < -0.39 is 30.1 Å². The number of nitrogens with zero attached hydrogens (tertiary/aromatic N) is 1. The molecule has 1 saturated carbocycles. The van der Waals surface area contributed by atoms with E-state index in [9.17, 15) is 9.59 Å². The van der Waals surface area contributed by atoms with Crippen LogP contribution >= 0.6 is 0 Å². The summed E-state index contributed by atoms with van der Waals surface area (Å²) < 4.78 is 27.0. The highest BCUT2D eigenvalue weighted by Gasteiger charge is 2.38. The van der Waals surface area contributed by atoms with Crippen molar-refractivity contribution in [2.24, 2.45) is 5.92 Å². The number of rotatable bonds is 11. The molecule has 0 aromatic heterocycles. The first-order chi connectivity index (χ1) is 14.3. The smallest absolute Gasteiger partial charge is 0.412 e. The quantitative estimate of drug-likeness (QED) is 0.397. The molecule has 9 nitrogen and oxygen atoms in total. The second-order valence-corrected chi connectivity index (χ2v) is 8.88. The van der Waals surface area contributed by atoms with Crippen LogP contribution in [0.15, 0.2) is 0 Å². The van der Waals surface area contributed by atoms with Crippen LogP contribution in [0.4, 0.5) is 9.59 Å². The van der Waals surface area contributed by atoms with E-state index in [1.54, 1.807) is 7.11 Å². The van der Waals surface area contributed by atoms with Crippen LogP contribution in [-0.4, -0.2) is 75.2 Å². The monoisotopic (exact) mass is 430 g/mol. The average molecular weight is 431 g/mol. The molecule has 1 aliphatic carbocycles. The lowest BCUT2D eigenvalue weighted by Crippen LogP contribution is -2.55. The Bertz CT molecular complexity index is 532.